The van der Waals surface area contributed by atoms with E-state index in [1.54, 1.807) is 12.1 Å². The first-order chi connectivity index (χ1) is 14.2. The number of piperazine rings is 1. The van der Waals surface area contributed by atoms with Gasteiger partial charge in [-0.1, -0.05) is 0 Å². The van der Waals surface area contributed by atoms with Crippen molar-refractivity contribution in [2.24, 2.45) is 4.99 Å². The molecule has 0 atom stereocenters. The van der Waals surface area contributed by atoms with Crippen molar-refractivity contribution in [3.8, 4) is 0 Å². The van der Waals surface area contributed by atoms with Gasteiger partial charge in [0.1, 0.15) is 0 Å². The first-order valence-corrected chi connectivity index (χ1v) is 11.3. The third-order valence-electron chi connectivity index (χ3n) is 5.55. The largest absolute Gasteiger partial charge is 0.459 e. The molecule has 1 N–H and O–H groups in total. The Hall–Kier alpha value is -1.62. The van der Waals surface area contributed by atoms with Crippen molar-refractivity contribution in [1.29, 1.82) is 0 Å². The molecule has 9 heteroatoms. The van der Waals surface area contributed by atoms with E-state index in [0.717, 1.165) is 44.9 Å². The maximum absolute atomic E-state index is 12.4. The summed E-state index contributed by atoms with van der Waals surface area (Å²) in [5, 5.41) is 4.75. The number of furan rings is 1. The van der Waals surface area contributed by atoms with Crippen LogP contribution < -0.4 is 5.32 Å². The van der Waals surface area contributed by atoms with Crippen LogP contribution in [0.25, 0.3) is 0 Å². The molecular weight excluding hydrogens is 513 g/mol. The lowest BCUT2D eigenvalue weighted by Gasteiger charge is -2.36. The van der Waals surface area contributed by atoms with Gasteiger partial charge in [-0.25, -0.2) is 4.98 Å². The minimum absolute atomic E-state index is 0. The smallest absolute Gasteiger partial charge is 0.289 e. The second-order valence-electron chi connectivity index (χ2n) is 7.52. The number of nitrogens with one attached hydrogen (secondary N) is 1. The Bertz CT molecular complexity index is 820. The second kappa shape index (κ2) is 11.1. The van der Waals surface area contributed by atoms with Gasteiger partial charge < -0.3 is 19.5 Å². The summed E-state index contributed by atoms with van der Waals surface area (Å²) in [7, 11) is 1.82. The highest BCUT2D eigenvalue weighted by molar-refractivity contribution is 14.0. The Kier molecular flexibility index (Phi) is 8.55. The highest BCUT2D eigenvalue weighted by atomic mass is 127. The van der Waals surface area contributed by atoms with Gasteiger partial charge in [0, 0.05) is 51.1 Å². The van der Waals surface area contributed by atoms with Crippen molar-refractivity contribution in [3.63, 3.8) is 0 Å². The molecule has 1 aliphatic carbocycles. The van der Waals surface area contributed by atoms with E-state index in [1.165, 1.54) is 41.1 Å². The van der Waals surface area contributed by atoms with E-state index < -0.39 is 0 Å². The minimum Gasteiger partial charge on any atom is -0.459 e. The summed E-state index contributed by atoms with van der Waals surface area (Å²) < 4.78 is 5.23. The summed E-state index contributed by atoms with van der Waals surface area (Å²) in [6.07, 6.45) is 8.57. The van der Waals surface area contributed by atoms with Gasteiger partial charge in [-0.2, -0.15) is 0 Å². The van der Waals surface area contributed by atoms with Gasteiger partial charge >= 0.3 is 0 Å². The van der Waals surface area contributed by atoms with E-state index in [2.05, 4.69) is 15.2 Å². The normalized spacial score (nSPS) is 16.8. The van der Waals surface area contributed by atoms with Crippen LogP contribution in [0.2, 0.25) is 0 Å². The fourth-order valence-corrected chi connectivity index (χ4v) is 5.16. The van der Waals surface area contributed by atoms with Crippen molar-refractivity contribution in [2.45, 2.75) is 38.5 Å². The molecule has 0 aromatic carbocycles. The first-order valence-electron chi connectivity index (χ1n) is 10.5. The molecule has 0 saturated carbocycles. The number of hydrogen-bond acceptors (Lipinski definition) is 5. The van der Waals surface area contributed by atoms with Crippen LogP contribution in [0.1, 0.15) is 45.4 Å². The molecule has 164 valence electrons. The van der Waals surface area contributed by atoms with Crippen molar-refractivity contribution in [1.82, 2.24) is 20.1 Å². The Balaban J connectivity index is 0.00000256. The fourth-order valence-electron chi connectivity index (χ4n) is 3.96. The molecule has 2 aliphatic rings. The molecule has 3 heterocycles. The highest BCUT2D eigenvalue weighted by Crippen LogP contribution is 2.27. The summed E-state index contributed by atoms with van der Waals surface area (Å²) in [4.78, 5) is 27.2. The fraction of sp³-hybridized carbons (Fsp3) is 0.571. The molecule has 0 spiro atoms. The molecule has 0 radical (unpaired) electrons. The number of carbonyl (C=O) groups is 1. The summed E-state index contributed by atoms with van der Waals surface area (Å²) in [6, 6.07) is 3.46. The quantitative estimate of drug-likeness (QED) is 0.272. The van der Waals surface area contributed by atoms with Crippen molar-refractivity contribution in [2.75, 3.05) is 39.8 Å². The summed E-state index contributed by atoms with van der Waals surface area (Å²) >= 11 is 1.91. The number of fused-ring (bicyclic) bond motifs is 1. The molecule has 30 heavy (non-hydrogen) atoms. The number of nitrogens with zero attached hydrogens (tertiary/aromatic N) is 4. The molecule has 2 aromatic rings. The van der Waals surface area contributed by atoms with Crippen LogP contribution in [-0.4, -0.2) is 66.4 Å². The van der Waals surface area contributed by atoms with Crippen molar-refractivity contribution >= 4 is 47.2 Å². The minimum atomic E-state index is -0.0382. The van der Waals surface area contributed by atoms with E-state index in [1.807, 2.05) is 23.3 Å². The van der Waals surface area contributed by atoms with Crippen molar-refractivity contribution < 1.29 is 9.21 Å². The number of aliphatic imine (C=N–C) groups is 1. The van der Waals surface area contributed by atoms with Crippen LogP contribution in [0.4, 0.5) is 0 Å². The Morgan fingerprint density at radius 3 is 2.70 bits per heavy atom. The average molecular weight is 543 g/mol. The first kappa shape index (κ1) is 23.1. The molecule has 1 amide bonds. The molecule has 1 fully saturated rings. The van der Waals surface area contributed by atoms with Crippen LogP contribution in [0, 0.1) is 0 Å². The standard InChI is InChI=1S/C21H29N5O2S.HI/c1-22-21(23-10-4-9-19-24-16-6-2-3-8-18(16)29-19)26-13-11-25(12-14-26)20(27)17-7-5-15-28-17;/h5,7,15H,2-4,6,8-14H2,1H3,(H,22,23);1H. The number of halogens is 1. The second-order valence-corrected chi connectivity index (χ2v) is 8.69. The average Bonchev–Trinajstić information content (AvgIpc) is 3.43. The van der Waals surface area contributed by atoms with Crippen LogP contribution in [-0.2, 0) is 19.3 Å². The van der Waals surface area contributed by atoms with E-state index in [4.69, 9.17) is 9.40 Å². The number of guanidine groups is 1. The van der Waals surface area contributed by atoms with Gasteiger partial charge in [-0.3, -0.25) is 9.79 Å². The van der Waals surface area contributed by atoms with Crippen molar-refractivity contribution in [3.05, 3.63) is 39.7 Å². The Morgan fingerprint density at radius 1 is 1.23 bits per heavy atom. The Morgan fingerprint density at radius 2 is 2.00 bits per heavy atom. The number of amides is 1. The lowest BCUT2D eigenvalue weighted by atomic mass is 10.0. The van der Waals surface area contributed by atoms with E-state index in [0.29, 0.717) is 18.8 Å². The number of aryl methyl sites for hydroxylation is 3. The van der Waals surface area contributed by atoms with Gasteiger partial charge in [0.25, 0.3) is 5.91 Å². The monoisotopic (exact) mass is 543 g/mol. The summed E-state index contributed by atoms with van der Waals surface area (Å²) in [6.45, 7) is 3.76. The molecule has 7 nitrogen and oxygen atoms in total. The molecule has 4 rings (SSSR count). The maximum Gasteiger partial charge on any atom is 0.289 e. The van der Waals surface area contributed by atoms with Gasteiger partial charge in [-0.15, -0.1) is 35.3 Å². The predicted molar refractivity (Wildman–Crippen MR) is 130 cm³/mol. The van der Waals surface area contributed by atoms with Crippen LogP contribution in [0.3, 0.4) is 0 Å². The topological polar surface area (TPSA) is 74.0 Å². The number of thiazole rings is 1. The number of rotatable bonds is 5. The molecule has 0 bridgehead atoms. The Labute approximate surface area is 199 Å². The van der Waals surface area contributed by atoms with Gasteiger partial charge in [-0.05, 0) is 44.2 Å². The molecule has 0 unspecified atom stereocenters. The molecule has 1 aliphatic heterocycles. The van der Waals surface area contributed by atoms with Gasteiger partial charge in [0.15, 0.2) is 11.7 Å². The number of aromatic nitrogens is 1. The third kappa shape index (κ3) is 5.54. The third-order valence-corrected chi connectivity index (χ3v) is 6.77. The van der Waals surface area contributed by atoms with E-state index in [-0.39, 0.29) is 29.9 Å². The zero-order chi connectivity index (χ0) is 20.1. The van der Waals surface area contributed by atoms with Crippen LogP contribution in [0.15, 0.2) is 27.8 Å². The van der Waals surface area contributed by atoms with Crippen LogP contribution in [0.5, 0.6) is 0 Å². The number of carbonyl (C=O) groups excluding carboxylic acids is 1. The van der Waals surface area contributed by atoms with E-state index >= 15 is 0 Å². The number of hydrogen-bond donors (Lipinski definition) is 1. The molecule has 2 aromatic heterocycles. The zero-order valence-corrected chi connectivity index (χ0v) is 20.6. The van der Waals surface area contributed by atoms with Crippen LogP contribution >= 0.6 is 35.3 Å². The SMILES string of the molecule is CN=C(NCCCc1nc2c(s1)CCCC2)N1CCN(C(=O)c2ccco2)CC1.I. The predicted octanol–water partition coefficient (Wildman–Crippen LogP) is 3.20. The summed E-state index contributed by atoms with van der Waals surface area (Å²) in [5.74, 6) is 1.28. The summed E-state index contributed by atoms with van der Waals surface area (Å²) in [5.41, 5.74) is 1.35. The maximum atomic E-state index is 12.4. The molecule has 1 saturated heterocycles. The lowest BCUT2D eigenvalue weighted by Crippen LogP contribution is -2.53. The van der Waals surface area contributed by atoms with Gasteiger partial charge in [0.2, 0.25) is 0 Å². The highest BCUT2D eigenvalue weighted by Gasteiger charge is 2.25. The van der Waals surface area contributed by atoms with E-state index in [9.17, 15) is 4.79 Å². The lowest BCUT2D eigenvalue weighted by molar-refractivity contribution is 0.0658. The van der Waals surface area contributed by atoms with Gasteiger partial charge in [0.05, 0.1) is 17.0 Å². The molecular formula is C21H30IN5O2S. The zero-order valence-electron chi connectivity index (χ0n) is 17.4.